The highest BCUT2D eigenvalue weighted by Gasteiger charge is 2.32. The maximum absolute atomic E-state index is 2.64. The summed E-state index contributed by atoms with van der Waals surface area (Å²) < 4.78 is 0. The Hall–Kier alpha value is -3.47. The SMILES string of the molecule is c1cc(-c2c3ccccc3c(-c3ccc4ccccc4c3)c3ccccc23)cc(P(C2CCCCC2)C2CCCCC2)c1. The molecule has 2 aliphatic rings. The molecule has 0 radical (unpaired) electrons. The molecule has 0 spiro atoms. The molecule has 0 atom stereocenters. The minimum Gasteiger partial charge on any atom is -0.0689 e. The Morgan fingerprint density at radius 2 is 0.884 bits per heavy atom. The van der Waals surface area contributed by atoms with E-state index in [1.165, 1.54) is 119 Å². The Bertz CT molecular complexity index is 1830. The second kappa shape index (κ2) is 11.9. The predicted molar refractivity (Wildman–Crippen MR) is 190 cm³/mol. The molecule has 8 rings (SSSR count). The molecule has 0 bridgehead atoms. The fourth-order valence-corrected chi connectivity index (χ4v) is 12.2. The normalized spacial score (nSPS) is 16.9. The largest absolute Gasteiger partial charge is 0.0689 e. The summed E-state index contributed by atoms with van der Waals surface area (Å²) in [5.74, 6) is 0. The highest BCUT2D eigenvalue weighted by atomic mass is 31.1. The van der Waals surface area contributed by atoms with Crippen LogP contribution in [0.15, 0.2) is 115 Å². The molecule has 6 aromatic carbocycles. The van der Waals surface area contributed by atoms with Crippen molar-refractivity contribution < 1.29 is 0 Å². The van der Waals surface area contributed by atoms with Gasteiger partial charge in [0, 0.05) is 0 Å². The molecular formula is C42H41P. The highest BCUT2D eigenvalue weighted by Crippen LogP contribution is 2.55. The van der Waals surface area contributed by atoms with E-state index in [0.29, 0.717) is 0 Å². The van der Waals surface area contributed by atoms with Crippen molar-refractivity contribution in [3.63, 3.8) is 0 Å². The van der Waals surface area contributed by atoms with Crippen LogP contribution in [-0.2, 0) is 0 Å². The first-order chi connectivity index (χ1) is 21.3. The van der Waals surface area contributed by atoms with Crippen LogP contribution in [0.1, 0.15) is 64.2 Å². The molecule has 0 aromatic heterocycles. The van der Waals surface area contributed by atoms with Crippen LogP contribution in [0.4, 0.5) is 0 Å². The smallest absolute Gasteiger partial charge is 0.00261 e. The van der Waals surface area contributed by atoms with E-state index in [2.05, 4.69) is 115 Å². The van der Waals surface area contributed by atoms with E-state index >= 15 is 0 Å². The van der Waals surface area contributed by atoms with Crippen molar-refractivity contribution in [3.05, 3.63) is 115 Å². The van der Waals surface area contributed by atoms with Crippen molar-refractivity contribution >= 4 is 45.5 Å². The summed E-state index contributed by atoms with van der Waals surface area (Å²) in [4.78, 5) is 0. The molecule has 0 N–H and O–H groups in total. The van der Waals surface area contributed by atoms with Crippen LogP contribution >= 0.6 is 7.92 Å². The summed E-state index contributed by atoms with van der Waals surface area (Å²) in [6, 6.07) is 43.9. The fourth-order valence-electron chi connectivity index (χ4n) is 8.36. The zero-order valence-electron chi connectivity index (χ0n) is 25.1. The molecule has 2 fully saturated rings. The zero-order valence-corrected chi connectivity index (χ0v) is 26.0. The first-order valence-corrected chi connectivity index (χ1v) is 18.1. The first kappa shape index (κ1) is 27.1. The third-order valence-electron chi connectivity index (χ3n) is 10.3. The van der Waals surface area contributed by atoms with E-state index in [1.54, 1.807) is 5.30 Å². The van der Waals surface area contributed by atoms with E-state index in [0.717, 1.165) is 11.3 Å². The average Bonchev–Trinajstić information content (AvgIpc) is 3.08. The lowest BCUT2D eigenvalue weighted by atomic mass is 9.85. The molecular weight excluding hydrogens is 535 g/mol. The second-order valence-electron chi connectivity index (χ2n) is 12.9. The van der Waals surface area contributed by atoms with Crippen molar-refractivity contribution in [2.45, 2.75) is 75.5 Å². The number of rotatable bonds is 5. The predicted octanol–water partition coefficient (Wildman–Crippen LogP) is 12.3. The summed E-state index contributed by atoms with van der Waals surface area (Å²) in [6.07, 6.45) is 14.4. The van der Waals surface area contributed by atoms with Crippen LogP contribution in [0, 0.1) is 0 Å². The average molecular weight is 577 g/mol. The van der Waals surface area contributed by atoms with Gasteiger partial charge >= 0.3 is 0 Å². The van der Waals surface area contributed by atoms with E-state index in [1.807, 2.05) is 0 Å². The van der Waals surface area contributed by atoms with E-state index in [9.17, 15) is 0 Å². The molecule has 43 heavy (non-hydrogen) atoms. The Morgan fingerprint density at radius 3 is 1.44 bits per heavy atom. The molecule has 0 amide bonds. The van der Waals surface area contributed by atoms with Gasteiger partial charge in [0.2, 0.25) is 0 Å². The Balaban J connectivity index is 1.33. The van der Waals surface area contributed by atoms with Crippen LogP contribution in [0.3, 0.4) is 0 Å². The van der Waals surface area contributed by atoms with Gasteiger partial charge in [-0.15, -0.1) is 0 Å². The van der Waals surface area contributed by atoms with Crippen molar-refractivity contribution in [1.29, 1.82) is 0 Å². The van der Waals surface area contributed by atoms with Crippen molar-refractivity contribution in [2.75, 3.05) is 0 Å². The number of benzene rings is 6. The molecule has 1 heteroatoms. The maximum atomic E-state index is 2.64. The van der Waals surface area contributed by atoms with E-state index in [-0.39, 0.29) is 7.92 Å². The lowest BCUT2D eigenvalue weighted by molar-refractivity contribution is 0.487. The highest BCUT2D eigenvalue weighted by molar-refractivity contribution is 7.67. The lowest BCUT2D eigenvalue weighted by Gasteiger charge is -2.39. The number of hydrogen-bond donors (Lipinski definition) is 0. The molecule has 0 saturated heterocycles. The van der Waals surface area contributed by atoms with Crippen molar-refractivity contribution in [1.82, 2.24) is 0 Å². The topological polar surface area (TPSA) is 0 Å². The maximum Gasteiger partial charge on any atom is -0.00261 e. The Labute approximate surface area is 257 Å². The van der Waals surface area contributed by atoms with E-state index in [4.69, 9.17) is 0 Å². The molecule has 0 heterocycles. The molecule has 6 aromatic rings. The quantitative estimate of drug-likeness (QED) is 0.141. The summed E-state index contributed by atoms with van der Waals surface area (Å²) in [5.41, 5.74) is 7.26. The van der Waals surface area contributed by atoms with Gasteiger partial charge in [-0.3, -0.25) is 0 Å². The van der Waals surface area contributed by atoms with Gasteiger partial charge in [-0.05, 0) is 109 Å². The molecule has 0 nitrogen and oxygen atoms in total. The van der Waals surface area contributed by atoms with Crippen molar-refractivity contribution in [2.24, 2.45) is 0 Å². The van der Waals surface area contributed by atoms with Gasteiger partial charge in [0.25, 0.3) is 0 Å². The second-order valence-corrected chi connectivity index (χ2v) is 15.7. The van der Waals surface area contributed by atoms with Crippen LogP contribution in [0.5, 0.6) is 0 Å². The summed E-state index contributed by atoms with van der Waals surface area (Å²) >= 11 is 0. The number of hydrogen-bond acceptors (Lipinski definition) is 0. The Morgan fingerprint density at radius 1 is 0.395 bits per heavy atom. The van der Waals surface area contributed by atoms with Crippen LogP contribution in [-0.4, -0.2) is 11.3 Å². The van der Waals surface area contributed by atoms with Crippen LogP contribution in [0.2, 0.25) is 0 Å². The van der Waals surface area contributed by atoms with Gasteiger partial charge in [-0.1, -0.05) is 150 Å². The third kappa shape index (κ3) is 5.09. The minimum atomic E-state index is -0.144. The molecule has 2 aliphatic carbocycles. The zero-order chi connectivity index (χ0) is 28.6. The van der Waals surface area contributed by atoms with Gasteiger partial charge in [-0.25, -0.2) is 0 Å². The van der Waals surface area contributed by atoms with Gasteiger partial charge < -0.3 is 0 Å². The fraction of sp³-hybridized carbons (Fsp3) is 0.286. The minimum absolute atomic E-state index is 0.144. The molecule has 0 unspecified atom stereocenters. The van der Waals surface area contributed by atoms with Gasteiger partial charge in [-0.2, -0.15) is 0 Å². The molecule has 2 saturated carbocycles. The number of fused-ring (bicyclic) bond motifs is 3. The molecule has 214 valence electrons. The van der Waals surface area contributed by atoms with Gasteiger partial charge in [0.1, 0.15) is 0 Å². The van der Waals surface area contributed by atoms with Crippen molar-refractivity contribution in [3.8, 4) is 22.3 Å². The first-order valence-electron chi connectivity index (χ1n) is 16.7. The van der Waals surface area contributed by atoms with Gasteiger partial charge in [0.05, 0.1) is 0 Å². The third-order valence-corrected chi connectivity index (χ3v) is 13.8. The summed E-state index contributed by atoms with van der Waals surface area (Å²) in [5, 5.41) is 9.67. The summed E-state index contributed by atoms with van der Waals surface area (Å²) in [7, 11) is -0.144. The lowest BCUT2D eigenvalue weighted by Crippen LogP contribution is -2.26. The van der Waals surface area contributed by atoms with E-state index < -0.39 is 0 Å². The standard InChI is InChI=1S/C42H41P/c1-3-17-34(18-4-1)43(35-19-5-2-6-20-35)36-21-13-16-32(29-36)41-37-22-9-11-24-39(37)42(40-25-12-10-23-38(40)41)33-27-26-30-14-7-8-15-31(30)28-33/h7-16,21-29,34-35H,1-6,17-20H2. The van der Waals surface area contributed by atoms with Gasteiger partial charge in [0.15, 0.2) is 0 Å². The van der Waals surface area contributed by atoms with Crippen LogP contribution < -0.4 is 5.30 Å². The Kier molecular flexibility index (Phi) is 7.50. The summed E-state index contributed by atoms with van der Waals surface area (Å²) in [6.45, 7) is 0. The monoisotopic (exact) mass is 576 g/mol. The van der Waals surface area contributed by atoms with Crippen LogP contribution in [0.25, 0.3) is 54.6 Å². The molecule has 0 aliphatic heterocycles.